The van der Waals surface area contributed by atoms with E-state index in [2.05, 4.69) is 5.32 Å². The molecule has 1 aromatic carbocycles. The number of halogens is 1. The fourth-order valence-electron chi connectivity index (χ4n) is 2.08. The number of esters is 1. The molecule has 5 nitrogen and oxygen atoms in total. The molecule has 114 valence electrons. The summed E-state index contributed by atoms with van der Waals surface area (Å²) in [5.41, 5.74) is 0.740. The number of amides is 2. The van der Waals surface area contributed by atoms with E-state index in [0.717, 1.165) is 11.3 Å². The minimum atomic E-state index is -0.472. The number of nitrogens with one attached hydrogen (secondary N) is 1. The highest BCUT2D eigenvalue weighted by Crippen LogP contribution is 2.37. The number of rotatable bonds is 4. The molecular weight excluding hydrogens is 295 g/mol. The van der Waals surface area contributed by atoms with Gasteiger partial charge in [-0.2, -0.15) is 0 Å². The fourth-order valence-corrected chi connectivity index (χ4v) is 3.32. The van der Waals surface area contributed by atoms with Crippen molar-refractivity contribution in [3.8, 4) is 0 Å². The smallest absolute Gasteiger partial charge is 0.325 e. The highest BCUT2D eigenvalue weighted by Gasteiger charge is 2.31. The van der Waals surface area contributed by atoms with Crippen LogP contribution in [-0.2, 0) is 9.53 Å². The van der Waals surface area contributed by atoms with E-state index in [1.165, 1.54) is 12.1 Å². The Morgan fingerprint density at radius 1 is 1.52 bits per heavy atom. The van der Waals surface area contributed by atoms with Crippen LogP contribution in [0.25, 0.3) is 0 Å². The van der Waals surface area contributed by atoms with Gasteiger partial charge in [0.05, 0.1) is 6.61 Å². The topological polar surface area (TPSA) is 58.6 Å². The Morgan fingerprint density at radius 2 is 2.33 bits per heavy atom. The first-order chi connectivity index (χ1) is 10.1. The summed E-state index contributed by atoms with van der Waals surface area (Å²) in [4.78, 5) is 25.0. The van der Waals surface area contributed by atoms with Crippen LogP contribution in [-0.4, -0.2) is 42.3 Å². The second-order valence-electron chi connectivity index (χ2n) is 4.44. The molecule has 2 amide bonds. The van der Waals surface area contributed by atoms with Crippen molar-refractivity contribution < 1.29 is 18.7 Å². The third kappa shape index (κ3) is 4.10. The van der Waals surface area contributed by atoms with E-state index in [-0.39, 0.29) is 30.4 Å². The van der Waals surface area contributed by atoms with Gasteiger partial charge >= 0.3 is 12.0 Å². The Balaban J connectivity index is 1.98. The van der Waals surface area contributed by atoms with E-state index in [1.807, 2.05) is 0 Å². The molecule has 0 bridgehead atoms. The van der Waals surface area contributed by atoms with E-state index >= 15 is 0 Å². The van der Waals surface area contributed by atoms with Crippen molar-refractivity contribution in [2.75, 3.05) is 25.4 Å². The average molecular weight is 312 g/mol. The molecule has 0 unspecified atom stereocenters. The van der Waals surface area contributed by atoms with Crippen LogP contribution >= 0.6 is 11.8 Å². The maximum absolute atomic E-state index is 13.3. The highest BCUT2D eigenvalue weighted by molar-refractivity contribution is 7.99. The van der Waals surface area contributed by atoms with Gasteiger partial charge in [0.1, 0.15) is 17.7 Å². The maximum atomic E-state index is 13.3. The second kappa shape index (κ2) is 7.31. The van der Waals surface area contributed by atoms with Crippen molar-refractivity contribution in [2.24, 2.45) is 0 Å². The van der Waals surface area contributed by atoms with Gasteiger partial charge in [0.2, 0.25) is 0 Å². The molecular formula is C14H17FN2O3S. The molecule has 1 aliphatic rings. The van der Waals surface area contributed by atoms with Gasteiger partial charge in [-0.25, -0.2) is 9.18 Å². The summed E-state index contributed by atoms with van der Waals surface area (Å²) < 4.78 is 18.1. The number of urea groups is 1. The summed E-state index contributed by atoms with van der Waals surface area (Å²) in [6.07, 6.45) is 0. The number of ether oxygens (including phenoxy) is 1. The van der Waals surface area contributed by atoms with Crippen molar-refractivity contribution in [3.63, 3.8) is 0 Å². The normalized spacial score (nSPS) is 17.6. The molecule has 0 aliphatic carbocycles. The number of carbonyl (C=O) groups excluding carboxylic acids is 2. The monoisotopic (exact) mass is 312 g/mol. The molecule has 1 heterocycles. The van der Waals surface area contributed by atoms with Crippen LogP contribution in [0.15, 0.2) is 24.3 Å². The molecule has 1 N–H and O–H groups in total. The Morgan fingerprint density at radius 3 is 3.05 bits per heavy atom. The van der Waals surface area contributed by atoms with Crippen LogP contribution in [0, 0.1) is 5.82 Å². The fraction of sp³-hybridized carbons (Fsp3) is 0.429. The van der Waals surface area contributed by atoms with Gasteiger partial charge < -0.3 is 15.0 Å². The Kier molecular flexibility index (Phi) is 5.44. The number of nitrogens with zero attached hydrogens (tertiary/aromatic N) is 1. The lowest BCUT2D eigenvalue weighted by Crippen LogP contribution is -2.41. The Hall–Kier alpha value is -1.76. The summed E-state index contributed by atoms with van der Waals surface area (Å²) in [6, 6.07) is 5.86. The maximum Gasteiger partial charge on any atom is 0.325 e. The molecule has 21 heavy (non-hydrogen) atoms. The zero-order chi connectivity index (χ0) is 15.2. The summed E-state index contributed by atoms with van der Waals surface area (Å²) in [5, 5.41) is 2.30. The predicted molar refractivity (Wildman–Crippen MR) is 78.3 cm³/mol. The van der Waals surface area contributed by atoms with Crippen LogP contribution in [0.1, 0.15) is 17.9 Å². The first-order valence-corrected chi connectivity index (χ1v) is 7.74. The lowest BCUT2D eigenvalue weighted by atomic mass is 10.2. The van der Waals surface area contributed by atoms with E-state index < -0.39 is 5.97 Å². The largest absolute Gasteiger partial charge is 0.465 e. The van der Waals surface area contributed by atoms with Crippen molar-refractivity contribution in [3.05, 3.63) is 35.6 Å². The first kappa shape index (κ1) is 15.6. The number of hydrogen-bond acceptors (Lipinski definition) is 4. The average Bonchev–Trinajstić information content (AvgIpc) is 2.94. The molecule has 0 radical (unpaired) electrons. The molecule has 2 rings (SSSR count). The van der Waals surface area contributed by atoms with E-state index in [1.54, 1.807) is 35.7 Å². The molecule has 1 saturated heterocycles. The summed E-state index contributed by atoms with van der Waals surface area (Å²) in [6.45, 7) is 2.38. The van der Waals surface area contributed by atoms with E-state index in [4.69, 9.17) is 4.74 Å². The number of thioether (sulfide) groups is 1. The van der Waals surface area contributed by atoms with Gasteiger partial charge in [0, 0.05) is 12.3 Å². The molecule has 0 saturated carbocycles. The van der Waals surface area contributed by atoms with Crippen molar-refractivity contribution >= 4 is 23.8 Å². The minimum absolute atomic E-state index is 0.163. The molecule has 7 heteroatoms. The Labute approximate surface area is 126 Å². The zero-order valence-corrected chi connectivity index (χ0v) is 12.5. The summed E-state index contributed by atoms with van der Waals surface area (Å²) >= 11 is 1.57. The predicted octanol–water partition coefficient (Wildman–Crippen LogP) is 2.15. The minimum Gasteiger partial charge on any atom is -0.465 e. The summed E-state index contributed by atoms with van der Waals surface area (Å²) in [5.74, 6) is -0.0273. The van der Waals surface area contributed by atoms with Crippen molar-refractivity contribution in [1.29, 1.82) is 0 Å². The van der Waals surface area contributed by atoms with Crippen LogP contribution in [0.2, 0.25) is 0 Å². The highest BCUT2D eigenvalue weighted by atomic mass is 32.2. The van der Waals surface area contributed by atoms with Crippen LogP contribution in [0.3, 0.4) is 0 Å². The zero-order valence-electron chi connectivity index (χ0n) is 11.7. The van der Waals surface area contributed by atoms with Crippen molar-refractivity contribution in [1.82, 2.24) is 10.2 Å². The number of benzene rings is 1. The van der Waals surface area contributed by atoms with E-state index in [0.29, 0.717) is 6.54 Å². The van der Waals surface area contributed by atoms with Crippen molar-refractivity contribution in [2.45, 2.75) is 12.3 Å². The van der Waals surface area contributed by atoms with Gasteiger partial charge in [0.15, 0.2) is 0 Å². The molecule has 1 aromatic rings. The molecule has 0 aromatic heterocycles. The molecule has 1 fully saturated rings. The number of carbonyl (C=O) groups is 2. The quantitative estimate of drug-likeness (QED) is 0.866. The summed E-state index contributed by atoms with van der Waals surface area (Å²) in [7, 11) is 0. The third-order valence-electron chi connectivity index (χ3n) is 2.97. The number of hydrogen-bond donors (Lipinski definition) is 1. The standard InChI is InChI=1S/C14H17FN2O3S/c1-2-20-12(18)9-16-14(19)17-6-7-21-13(17)10-4-3-5-11(15)8-10/h3-5,8,13H,2,6-7,9H2,1H3,(H,16,19)/t13-/m0/s1. The van der Waals surface area contributed by atoms with Gasteiger partial charge in [0.25, 0.3) is 0 Å². The molecule has 1 aliphatic heterocycles. The second-order valence-corrected chi connectivity index (χ2v) is 5.62. The van der Waals surface area contributed by atoms with Crippen LogP contribution < -0.4 is 5.32 Å². The van der Waals surface area contributed by atoms with Gasteiger partial charge in [-0.1, -0.05) is 12.1 Å². The van der Waals surface area contributed by atoms with Gasteiger partial charge in [-0.05, 0) is 24.6 Å². The van der Waals surface area contributed by atoms with Gasteiger partial charge in [-0.3, -0.25) is 4.79 Å². The Bertz CT molecular complexity index is 527. The van der Waals surface area contributed by atoms with E-state index in [9.17, 15) is 14.0 Å². The van der Waals surface area contributed by atoms with Crippen LogP contribution in [0.4, 0.5) is 9.18 Å². The molecule has 1 atom stereocenters. The van der Waals surface area contributed by atoms with Crippen LogP contribution in [0.5, 0.6) is 0 Å². The lowest BCUT2D eigenvalue weighted by Gasteiger charge is -2.24. The first-order valence-electron chi connectivity index (χ1n) is 6.69. The molecule has 0 spiro atoms. The SMILES string of the molecule is CCOC(=O)CNC(=O)N1CCS[C@H]1c1cccc(F)c1. The van der Waals surface area contributed by atoms with Gasteiger partial charge in [-0.15, -0.1) is 11.8 Å². The third-order valence-corrected chi connectivity index (χ3v) is 4.24. The lowest BCUT2D eigenvalue weighted by molar-refractivity contribution is -0.141.